The molecule has 0 aliphatic heterocycles. The highest BCUT2D eigenvalue weighted by Crippen LogP contribution is 2.30. The van der Waals surface area contributed by atoms with Gasteiger partial charge in [0.05, 0.1) is 12.2 Å². The van der Waals surface area contributed by atoms with Crippen LogP contribution in [-0.2, 0) is 0 Å². The van der Waals surface area contributed by atoms with Crippen LogP contribution in [-0.4, -0.2) is 18.0 Å². The molecule has 2 rings (SSSR count). The van der Waals surface area contributed by atoms with Crippen LogP contribution in [0.1, 0.15) is 23.2 Å². The number of aromatic hydroxyl groups is 1. The number of carbonyl (C=O) groups excluding carboxylic acids is 1. The van der Waals surface area contributed by atoms with Crippen LogP contribution in [0.25, 0.3) is 0 Å². The number of ether oxygens (including phenoxy) is 1. The van der Waals surface area contributed by atoms with Crippen LogP contribution in [0, 0.1) is 5.92 Å². The quantitative estimate of drug-likeness (QED) is 0.742. The summed E-state index contributed by atoms with van der Waals surface area (Å²) in [5, 5.41) is 9.36. The Balaban J connectivity index is 2.02. The molecule has 1 N–H and O–H groups in total. The van der Waals surface area contributed by atoms with Crippen LogP contribution in [0.5, 0.6) is 11.5 Å². The maximum absolute atomic E-state index is 10.4. The lowest BCUT2D eigenvalue weighted by molar-refractivity contribution is 0.112. The maximum atomic E-state index is 10.4. The van der Waals surface area contributed by atoms with E-state index in [4.69, 9.17) is 4.74 Å². The molecule has 74 valence electrons. The highest BCUT2D eigenvalue weighted by Gasteiger charge is 2.21. The minimum absolute atomic E-state index is 0.0201. The first-order chi connectivity index (χ1) is 6.79. The number of hydrogen-bond acceptors (Lipinski definition) is 3. The zero-order chi connectivity index (χ0) is 9.97. The van der Waals surface area contributed by atoms with Gasteiger partial charge >= 0.3 is 0 Å². The average Bonchev–Trinajstić information content (AvgIpc) is 2.98. The van der Waals surface area contributed by atoms with Crippen LogP contribution in [0.2, 0.25) is 0 Å². The molecule has 0 spiro atoms. The number of hydrogen-bond donors (Lipinski definition) is 1. The van der Waals surface area contributed by atoms with Gasteiger partial charge in [-0.2, -0.15) is 0 Å². The Morgan fingerprint density at radius 3 is 2.86 bits per heavy atom. The van der Waals surface area contributed by atoms with Crippen molar-refractivity contribution in [1.82, 2.24) is 0 Å². The smallest absolute Gasteiger partial charge is 0.153 e. The summed E-state index contributed by atoms with van der Waals surface area (Å²) >= 11 is 0. The Morgan fingerprint density at radius 1 is 1.50 bits per heavy atom. The topological polar surface area (TPSA) is 46.5 Å². The van der Waals surface area contributed by atoms with Crippen molar-refractivity contribution in [3.63, 3.8) is 0 Å². The average molecular weight is 192 g/mol. The molecule has 1 saturated carbocycles. The van der Waals surface area contributed by atoms with E-state index in [-0.39, 0.29) is 5.75 Å². The first-order valence-electron chi connectivity index (χ1n) is 4.70. The van der Waals surface area contributed by atoms with E-state index in [0.29, 0.717) is 30.1 Å². The zero-order valence-corrected chi connectivity index (χ0v) is 7.77. The Hall–Kier alpha value is -1.51. The molecular weight excluding hydrogens is 180 g/mol. The highest BCUT2D eigenvalue weighted by molar-refractivity contribution is 5.79. The molecule has 1 fully saturated rings. The molecule has 0 radical (unpaired) electrons. The molecule has 3 heteroatoms. The van der Waals surface area contributed by atoms with Gasteiger partial charge in [0.1, 0.15) is 11.5 Å². The summed E-state index contributed by atoms with van der Waals surface area (Å²) in [5.41, 5.74) is 0.295. The predicted octanol–water partition coefficient (Wildman–Crippen LogP) is 1.99. The Labute approximate surface area is 82.3 Å². The molecule has 0 amide bonds. The SMILES string of the molecule is O=Cc1ccc(OCC2CC2)cc1O. The van der Waals surface area contributed by atoms with E-state index >= 15 is 0 Å². The van der Waals surface area contributed by atoms with E-state index in [0.717, 1.165) is 0 Å². The first-order valence-corrected chi connectivity index (χ1v) is 4.70. The summed E-state index contributed by atoms with van der Waals surface area (Å²) < 4.78 is 5.43. The summed E-state index contributed by atoms with van der Waals surface area (Å²) in [5.74, 6) is 1.29. The second-order valence-corrected chi connectivity index (χ2v) is 3.59. The summed E-state index contributed by atoms with van der Waals surface area (Å²) in [4.78, 5) is 10.4. The number of benzene rings is 1. The van der Waals surface area contributed by atoms with E-state index in [1.165, 1.54) is 18.9 Å². The van der Waals surface area contributed by atoms with Crippen LogP contribution < -0.4 is 4.74 Å². The summed E-state index contributed by atoms with van der Waals surface area (Å²) in [6.07, 6.45) is 3.09. The van der Waals surface area contributed by atoms with E-state index in [1.807, 2.05) is 0 Å². The monoisotopic (exact) mass is 192 g/mol. The van der Waals surface area contributed by atoms with Crippen molar-refractivity contribution in [2.45, 2.75) is 12.8 Å². The van der Waals surface area contributed by atoms with Gasteiger partial charge in [0.25, 0.3) is 0 Å². The maximum Gasteiger partial charge on any atom is 0.153 e. The highest BCUT2D eigenvalue weighted by atomic mass is 16.5. The van der Waals surface area contributed by atoms with Gasteiger partial charge in [0.15, 0.2) is 6.29 Å². The van der Waals surface area contributed by atoms with E-state index in [9.17, 15) is 9.90 Å². The van der Waals surface area contributed by atoms with E-state index in [1.54, 1.807) is 12.1 Å². The van der Waals surface area contributed by atoms with Gasteiger partial charge in [-0.15, -0.1) is 0 Å². The molecule has 0 aromatic heterocycles. The first kappa shape index (κ1) is 9.06. The molecule has 1 aromatic carbocycles. The third-order valence-electron chi connectivity index (χ3n) is 2.31. The predicted molar refractivity (Wildman–Crippen MR) is 51.7 cm³/mol. The van der Waals surface area contributed by atoms with Gasteiger partial charge in [-0.1, -0.05) is 0 Å². The van der Waals surface area contributed by atoms with Crippen molar-refractivity contribution < 1.29 is 14.6 Å². The van der Waals surface area contributed by atoms with Crippen molar-refractivity contribution in [1.29, 1.82) is 0 Å². The molecule has 0 atom stereocenters. The Bertz CT molecular complexity index is 342. The van der Waals surface area contributed by atoms with Crippen molar-refractivity contribution in [3.8, 4) is 11.5 Å². The second kappa shape index (κ2) is 3.70. The lowest BCUT2D eigenvalue weighted by atomic mass is 10.2. The van der Waals surface area contributed by atoms with Gasteiger partial charge in [-0.3, -0.25) is 4.79 Å². The van der Waals surface area contributed by atoms with Crippen molar-refractivity contribution in [2.24, 2.45) is 5.92 Å². The number of phenolic OH excluding ortho intramolecular Hbond substituents is 1. The molecule has 14 heavy (non-hydrogen) atoms. The number of phenols is 1. The van der Waals surface area contributed by atoms with Gasteiger partial charge < -0.3 is 9.84 Å². The third-order valence-corrected chi connectivity index (χ3v) is 2.31. The molecule has 0 saturated heterocycles. The fraction of sp³-hybridized carbons (Fsp3) is 0.364. The van der Waals surface area contributed by atoms with Crippen molar-refractivity contribution in [2.75, 3.05) is 6.61 Å². The lowest BCUT2D eigenvalue weighted by Crippen LogP contribution is -1.98. The largest absolute Gasteiger partial charge is 0.507 e. The molecule has 3 nitrogen and oxygen atoms in total. The van der Waals surface area contributed by atoms with Gasteiger partial charge in [-0.25, -0.2) is 0 Å². The number of carbonyl (C=O) groups is 1. The van der Waals surface area contributed by atoms with Crippen LogP contribution in [0.3, 0.4) is 0 Å². The Morgan fingerprint density at radius 2 is 2.29 bits per heavy atom. The third kappa shape index (κ3) is 2.05. The lowest BCUT2D eigenvalue weighted by Gasteiger charge is -2.05. The number of aldehydes is 1. The molecule has 0 bridgehead atoms. The normalized spacial score (nSPS) is 15.1. The molecule has 1 aliphatic rings. The van der Waals surface area contributed by atoms with Crippen molar-refractivity contribution >= 4 is 6.29 Å². The zero-order valence-electron chi connectivity index (χ0n) is 7.77. The summed E-state index contributed by atoms with van der Waals surface area (Å²) in [6.45, 7) is 0.708. The molecule has 0 unspecified atom stereocenters. The van der Waals surface area contributed by atoms with Gasteiger partial charge in [0, 0.05) is 6.07 Å². The molecule has 0 heterocycles. The minimum Gasteiger partial charge on any atom is -0.507 e. The van der Waals surface area contributed by atoms with Gasteiger partial charge in [0.2, 0.25) is 0 Å². The number of rotatable bonds is 4. The van der Waals surface area contributed by atoms with Crippen LogP contribution >= 0.6 is 0 Å². The fourth-order valence-electron chi connectivity index (χ4n) is 1.21. The van der Waals surface area contributed by atoms with Gasteiger partial charge in [-0.05, 0) is 30.9 Å². The molecular formula is C11H12O3. The van der Waals surface area contributed by atoms with E-state index < -0.39 is 0 Å². The molecule has 1 aliphatic carbocycles. The summed E-state index contributed by atoms with van der Waals surface area (Å²) in [7, 11) is 0. The Kier molecular flexibility index (Phi) is 2.39. The van der Waals surface area contributed by atoms with E-state index in [2.05, 4.69) is 0 Å². The van der Waals surface area contributed by atoms with Crippen LogP contribution in [0.15, 0.2) is 18.2 Å². The fourth-order valence-corrected chi connectivity index (χ4v) is 1.21. The minimum atomic E-state index is -0.0201. The standard InChI is InChI=1S/C11H12O3/c12-6-9-3-4-10(5-11(9)13)14-7-8-1-2-8/h3-6,8,13H,1-2,7H2. The van der Waals surface area contributed by atoms with Crippen molar-refractivity contribution in [3.05, 3.63) is 23.8 Å². The molecule has 1 aromatic rings. The summed E-state index contributed by atoms with van der Waals surface area (Å²) in [6, 6.07) is 4.74. The van der Waals surface area contributed by atoms with Crippen LogP contribution in [0.4, 0.5) is 0 Å². The second-order valence-electron chi connectivity index (χ2n) is 3.59.